The Balaban J connectivity index is 3.02. The normalized spacial score (nSPS) is 11.2. The van der Waals surface area contributed by atoms with E-state index in [1.807, 2.05) is 0 Å². The van der Waals surface area contributed by atoms with Gasteiger partial charge in [0, 0.05) is 6.54 Å². The van der Waals surface area contributed by atoms with Crippen LogP contribution in [0, 0.1) is 0 Å². The van der Waals surface area contributed by atoms with Crippen LogP contribution in [-0.4, -0.2) is 139 Å². The third-order valence-electron chi connectivity index (χ3n) is 3.69. The summed E-state index contributed by atoms with van der Waals surface area (Å²) in [5.41, 5.74) is 5.31. The standard InChI is InChI=1S/C21H43NO11/c1-24-21(23)20-33-19-18-32-17-16-31-15-14-30-13-12-29-11-10-28-9-8-27-7-6-26-5-4-25-3-2-22/h2-20,22H2,1H3. The average molecular weight is 486 g/mol. The topological polar surface area (TPSA) is 135 Å². The molecule has 0 aromatic heterocycles. The first kappa shape index (κ1) is 32.1. The molecule has 0 rings (SSSR count). The number of rotatable bonds is 28. The molecule has 0 spiro atoms. The van der Waals surface area contributed by atoms with E-state index in [0.717, 1.165) is 0 Å². The van der Waals surface area contributed by atoms with Crippen LogP contribution in [0.3, 0.4) is 0 Å². The summed E-state index contributed by atoms with van der Waals surface area (Å²) in [6.45, 7) is 8.83. The highest BCUT2D eigenvalue weighted by molar-refractivity contribution is 5.70. The highest BCUT2D eigenvalue weighted by Gasteiger charge is 1.99. The number of nitrogens with two attached hydrogens (primary N) is 1. The van der Waals surface area contributed by atoms with Crippen molar-refractivity contribution in [3.63, 3.8) is 0 Å². The van der Waals surface area contributed by atoms with E-state index in [-0.39, 0.29) is 6.61 Å². The van der Waals surface area contributed by atoms with Crippen molar-refractivity contribution in [2.75, 3.05) is 133 Å². The van der Waals surface area contributed by atoms with Gasteiger partial charge in [0.2, 0.25) is 0 Å². The van der Waals surface area contributed by atoms with E-state index in [1.54, 1.807) is 0 Å². The Morgan fingerprint density at radius 1 is 0.455 bits per heavy atom. The second-order valence-corrected chi connectivity index (χ2v) is 6.32. The van der Waals surface area contributed by atoms with Gasteiger partial charge in [0.05, 0.1) is 119 Å². The van der Waals surface area contributed by atoms with Crippen LogP contribution in [0.4, 0.5) is 0 Å². The first-order valence-corrected chi connectivity index (χ1v) is 11.3. The van der Waals surface area contributed by atoms with E-state index >= 15 is 0 Å². The quantitative estimate of drug-likeness (QED) is 0.110. The van der Waals surface area contributed by atoms with Crippen molar-refractivity contribution in [3.05, 3.63) is 0 Å². The molecule has 2 N–H and O–H groups in total. The van der Waals surface area contributed by atoms with Crippen molar-refractivity contribution in [2.24, 2.45) is 5.73 Å². The maximum atomic E-state index is 10.8. The summed E-state index contributed by atoms with van der Waals surface area (Å²) in [5.74, 6) is -0.405. The molecule has 0 bridgehead atoms. The third kappa shape index (κ3) is 29.0. The van der Waals surface area contributed by atoms with Crippen LogP contribution in [0.2, 0.25) is 0 Å². The molecule has 0 aliphatic rings. The van der Waals surface area contributed by atoms with Gasteiger partial charge in [-0.25, -0.2) is 4.79 Å². The second-order valence-electron chi connectivity index (χ2n) is 6.32. The van der Waals surface area contributed by atoms with Crippen molar-refractivity contribution >= 4 is 5.97 Å². The Bertz CT molecular complexity index is 391. The van der Waals surface area contributed by atoms with Crippen molar-refractivity contribution in [1.29, 1.82) is 0 Å². The minimum Gasteiger partial charge on any atom is -0.467 e. The number of esters is 1. The molecule has 0 aliphatic heterocycles. The molecule has 0 unspecified atom stereocenters. The monoisotopic (exact) mass is 485 g/mol. The fraction of sp³-hybridized carbons (Fsp3) is 0.952. The summed E-state index contributed by atoms with van der Waals surface area (Å²) in [7, 11) is 1.31. The highest BCUT2D eigenvalue weighted by Crippen LogP contribution is 1.86. The number of hydrogen-bond donors (Lipinski definition) is 1. The number of hydrogen-bond acceptors (Lipinski definition) is 12. The number of methoxy groups -OCH3 is 1. The Labute approximate surface area is 197 Å². The lowest BCUT2D eigenvalue weighted by Crippen LogP contribution is -2.16. The summed E-state index contributed by atoms with van der Waals surface area (Å²) < 4.78 is 52.3. The number of ether oxygens (including phenoxy) is 10. The summed E-state index contributed by atoms with van der Waals surface area (Å²) >= 11 is 0. The van der Waals surface area contributed by atoms with Gasteiger partial charge in [-0.2, -0.15) is 0 Å². The van der Waals surface area contributed by atoms with Crippen LogP contribution >= 0.6 is 0 Å². The van der Waals surface area contributed by atoms with E-state index < -0.39 is 5.97 Å². The smallest absolute Gasteiger partial charge is 0.331 e. The summed E-state index contributed by atoms with van der Waals surface area (Å²) in [5, 5.41) is 0. The molecule has 12 nitrogen and oxygen atoms in total. The molecule has 0 aliphatic carbocycles. The molecular formula is C21H43NO11. The minimum atomic E-state index is -0.405. The molecule has 0 saturated carbocycles. The number of carbonyl (C=O) groups excluding carboxylic acids is 1. The second kappa shape index (κ2) is 29.1. The van der Waals surface area contributed by atoms with Crippen molar-refractivity contribution in [1.82, 2.24) is 0 Å². The Kier molecular flexibility index (Phi) is 28.3. The maximum absolute atomic E-state index is 10.8. The maximum Gasteiger partial charge on any atom is 0.331 e. The molecule has 0 aromatic carbocycles. The summed E-state index contributed by atoms with van der Waals surface area (Å²) in [6.07, 6.45) is 0. The van der Waals surface area contributed by atoms with Gasteiger partial charge in [-0.3, -0.25) is 0 Å². The zero-order valence-electron chi connectivity index (χ0n) is 20.0. The van der Waals surface area contributed by atoms with Gasteiger partial charge < -0.3 is 53.1 Å². The molecule has 198 valence electrons. The highest BCUT2D eigenvalue weighted by atomic mass is 16.6. The van der Waals surface area contributed by atoms with E-state index in [2.05, 4.69) is 4.74 Å². The molecule has 0 fully saturated rings. The fourth-order valence-corrected chi connectivity index (χ4v) is 2.06. The summed E-state index contributed by atoms with van der Waals surface area (Å²) in [4.78, 5) is 10.8. The average Bonchev–Trinajstić information content (AvgIpc) is 2.83. The van der Waals surface area contributed by atoms with Crippen LogP contribution in [0.5, 0.6) is 0 Å². The molecule has 33 heavy (non-hydrogen) atoms. The first-order valence-electron chi connectivity index (χ1n) is 11.3. The minimum absolute atomic E-state index is 0.0659. The van der Waals surface area contributed by atoms with Crippen molar-refractivity contribution in [3.8, 4) is 0 Å². The SMILES string of the molecule is COC(=O)COCCOCCOCCOCCOCCOCCOCCOCCOCCN. The zero-order chi connectivity index (χ0) is 24.1. The van der Waals surface area contributed by atoms with E-state index in [0.29, 0.717) is 119 Å². The van der Waals surface area contributed by atoms with Crippen molar-refractivity contribution < 1.29 is 52.2 Å². The lowest BCUT2D eigenvalue weighted by molar-refractivity contribution is -0.146. The van der Waals surface area contributed by atoms with E-state index in [1.165, 1.54) is 7.11 Å². The Morgan fingerprint density at radius 3 is 0.939 bits per heavy atom. The molecular weight excluding hydrogens is 442 g/mol. The van der Waals surface area contributed by atoms with Gasteiger partial charge in [-0.15, -0.1) is 0 Å². The zero-order valence-corrected chi connectivity index (χ0v) is 20.0. The predicted octanol–water partition coefficient (Wildman–Crippen LogP) is -0.732. The lowest BCUT2D eigenvalue weighted by Gasteiger charge is -2.08. The van der Waals surface area contributed by atoms with Crippen LogP contribution in [0.15, 0.2) is 0 Å². The molecule has 0 radical (unpaired) electrons. The molecule has 0 atom stereocenters. The van der Waals surface area contributed by atoms with Crippen molar-refractivity contribution in [2.45, 2.75) is 0 Å². The number of carbonyl (C=O) groups is 1. The molecule has 0 heterocycles. The molecule has 12 heteroatoms. The predicted molar refractivity (Wildman–Crippen MR) is 118 cm³/mol. The van der Waals surface area contributed by atoms with E-state index in [4.69, 9.17) is 48.4 Å². The Hall–Kier alpha value is -0.930. The van der Waals surface area contributed by atoms with Gasteiger partial charge >= 0.3 is 5.97 Å². The van der Waals surface area contributed by atoms with Gasteiger partial charge in [0.1, 0.15) is 6.61 Å². The van der Waals surface area contributed by atoms with Crippen LogP contribution in [0.25, 0.3) is 0 Å². The molecule has 0 amide bonds. The van der Waals surface area contributed by atoms with Crippen LogP contribution in [-0.2, 0) is 52.2 Å². The Morgan fingerprint density at radius 2 is 0.697 bits per heavy atom. The first-order chi connectivity index (χ1) is 16.3. The van der Waals surface area contributed by atoms with Crippen LogP contribution < -0.4 is 5.73 Å². The van der Waals surface area contributed by atoms with Crippen LogP contribution in [0.1, 0.15) is 0 Å². The summed E-state index contributed by atoms with van der Waals surface area (Å²) in [6, 6.07) is 0. The fourth-order valence-electron chi connectivity index (χ4n) is 2.06. The largest absolute Gasteiger partial charge is 0.467 e. The lowest BCUT2D eigenvalue weighted by atomic mass is 10.6. The third-order valence-corrected chi connectivity index (χ3v) is 3.69. The molecule has 0 aromatic rings. The van der Waals surface area contributed by atoms with Gasteiger partial charge in [-0.05, 0) is 0 Å². The molecule has 0 saturated heterocycles. The van der Waals surface area contributed by atoms with Gasteiger partial charge in [-0.1, -0.05) is 0 Å². The van der Waals surface area contributed by atoms with Gasteiger partial charge in [0.25, 0.3) is 0 Å². The van der Waals surface area contributed by atoms with E-state index in [9.17, 15) is 4.79 Å². The van der Waals surface area contributed by atoms with Gasteiger partial charge in [0.15, 0.2) is 0 Å².